The molecule has 9 nitrogen and oxygen atoms in total. The number of aromatic nitrogens is 3. The van der Waals surface area contributed by atoms with Gasteiger partial charge in [-0.15, -0.1) is 10.2 Å². The molecule has 1 heterocycles. The van der Waals surface area contributed by atoms with E-state index in [2.05, 4.69) is 15.5 Å². The fourth-order valence-corrected chi connectivity index (χ4v) is 3.65. The van der Waals surface area contributed by atoms with Gasteiger partial charge in [0.05, 0.1) is 16.7 Å². The maximum Gasteiger partial charge on any atom is 0.234 e. The van der Waals surface area contributed by atoms with Gasteiger partial charge >= 0.3 is 0 Å². The van der Waals surface area contributed by atoms with Crippen LogP contribution in [0.1, 0.15) is 28.7 Å². The number of anilines is 1. The molecule has 31 heavy (non-hydrogen) atoms. The molecule has 0 aliphatic carbocycles. The number of nitrogens with one attached hydrogen (secondary N) is 1. The Labute approximate surface area is 187 Å². The molecule has 3 aromatic rings. The summed E-state index contributed by atoms with van der Waals surface area (Å²) < 4.78 is 6.85. The summed E-state index contributed by atoms with van der Waals surface area (Å²) in [4.78, 5) is 23.6. The number of rotatable bonds is 9. The Kier molecular flexibility index (Phi) is 7.37. The first-order valence-electron chi connectivity index (χ1n) is 9.22. The number of amides is 1. The maximum absolute atomic E-state index is 12.3. The molecule has 162 valence electrons. The Bertz CT molecular complexity index is 1090. The van der Waals surface area contributed by atoms with Crippen LogP contribution in [0, 0.1) is 0 Å². The number of carbonyl (C=O) groups is 2. The molecule has 0 aliphatic heterocycles. The number of aromatic carboxylic acids is 1. The van der Waals surface area contributed by atoms with Gasteiger partial charge in [0.15, 0.2) is 5.82 Å². The van der Waals surface area contributed by atoms with Gasteiger partial charge in [0.1, 0.15) is 12.4 Å². The molecule has 0 fully saturated rings. The predicted molar refractivity (Wildman–Crippen MR) is 115 cm³/mol. The van der Waals surface area contributed by atoms with Gasteiger partial charge in [-0.25, -0.2) is 4.68 Å². The third-order valence-electron chi connectivity index (χ3n) is 4.21. The van der Waals surface area contributed by atoms with Crippen LogP contribution in [0.2, 0.25) is 5.02 Å². The number of benzene rings is 2. The summed E-state index contributed by atoms with van der Waals surface area (Å²) in [5.41, 5.74) is 0.738. The Balaban J connectivity index is 1.59. The number of hydrogen-bond acceptors (Lipinski definition) is 8. The van der Waals surface area contributed by atoms with Gasteiger partial charge in [-0.3, -0.25) is 4.79 Å². The third kappa shape index (κ3) is 5.68. The van der Waals surface area contributed by atoms with E-state index < -0.39 is 5.97 Å². The van der Waals surface area contributed by atoms with Crippen LogP contribution in [0.3, 0.4) is 0 Å². The second-order valence-corrected chi connectivity index (χ2v) is 7.67. The molecule has 0 radical (unpaired) electrons. The zero-order valence-electron chi connectivity index (χ0n) is 16.5. The number of nitrogens with zero attached hydrogens (tertiary/aromatic N) is 3. The monoisotopic (exact) mass is 460 g/mol. The lowest BCUT2D eigenvalue weighted by atomic mass is 10.1. The van der Waals surface area contributed by atoms with Crippen molar-refractivity contribution in [2.24, 2.45) is 0 Å². The van der Waals surface area contributed by atoms with Crippen molar-refractivity contribution in [2.75, 3.05) is 16.9 Å². The average molecular weight is 461 g/mol. The Morgan fingerprint density at radius 1 is 1.26 bits per heavy atom. The predicted octanol–water partition coefficient (Wildman–Crippen LogP) is 1.88. The van der Waals surface area contributed by atoms with Crippen LogP contribution in [-0.4, -0.2) is 32.5 Å². The number of ether oxygens (including phenoxy) is 1. The van der Waals surface area contributed by atoms with E-state index in [1.165, 1.54) is 10.7 Å². The highest BCUT2D eigenvalue weighted by Gasteiger charge is 2.15. The topological polar surface area (TPSA) is 135 Å². The Hall–Kier alpha value is -3.24. The van der Waals surface area contributed by atoms with Crippen LogP contribution in [0.4, 0.5) is 5.69 Å². The highest BCUT2D eigenvalue weighted by Crippen LogP contribution is 2.26. The van der Waals surface area contributed by atoms with Crippen molar-refractivity contribution in [2.45, 2.75) is 25.1 Å². The highest BCUT2D eigenvalue weighted by molar-refractivity contribution is 7.99. The van der Waals surface area contributed by atoms with Crippen molar-refractivity contribution in [1.82, 2.24) is 14.9 Å². The smallest absolute Gasteiger partial charge is 0.234 e. The first-order chi connectivity index (χ1) is 14.9. The summed E-state index contributed by atoms with van der Waals surface area (Å²) in [5.74, 6) is 5.26. The number of hydrogen-bond donors (Lipinski definition) is 2. The van der Waals surface area contributed by atoms with Crippen LogP contribution >= 0.6 is 23.4 Å². The zero-order chi connectivity index (χ0) is 22.4. The summed E-state index contributed by atoms with van der Waals surface area (Å²) in [6, 6.07) is 12.1. The molecular formula is C20H19ClN5O4S-. The molecule has 0 atom stereocenters. The fourth-order valence-electron chi connectivity index (χ4n) is 2.66. The Morgan fingerprint density at radius 3 is 2.68 bits per heavy atom. The van der Waals surface area contributed by atoms with E-state index in [1.54, 1.807) is 6.07 Å². The number of carboxylic acid groups (broad SMARTS) is 1. The normalized spacial score (nSPS) is 10.6. The van der Waals surface area contributed by atoms with Crippen molar-refractivity contribution in [1.29, 1.82) is 0 Å². The second-order valence-electron chi connectivity index (χ2n) is 6.35. The summed E-state index contributed by atoms with van der Waals surface area (Å²) in [6.45, 7) is 1.95. The summed E-state index contributed by atoms with van der Waals surface area (Å²) in [5, 5.41) is 22.3. The van der Waals surface area contributed by atoms with Crippen LogP contribution < -0.4 is 21.0 Å². The van der Waals surface area contributed by atoms with E-state index in [0.717, 1.165) is 11.8 Å². The molecule has 1 aromatic heterocycles. The first kappa shape index (κ1) is 22.4. The van der Waals surface area contributed by atoms with Crippen molar-refractivity contribution < 1.29 is 19.4 Å². The zero-order valence-corrected chi connectivity index (χ0v) is 18.1. The Morgan fingerprint density at radius 2 is 2.00 bits per heavy atom. The van der Waals surface area contributed by atoms with E-state index in [1.807, 2.05) is 37.3 Å². The molecule has 0 bridgehead atoms. The summed E-state index contributed by atoms with van der Waals surface area (Å²) >= 11 is 7.14. The minimum Gasteiger partial charge on any atom is -0.545 e. The van der Waals surface area contributed by atoms with Crippen molar-refractivity contribution >= 4 is 40.9 Å². The molecule has 11 heteroatoms. The van der Waals surface area contributed by atoms with Crippen LogP contribution in [0.25, 0.3) is 0 Å². The fraction of sp³-hybridized carbons (Fsp3) is 0.200. The van der Waals surface area contributed by atoms with Crippen molar-refractivity contribution in [3.63, 3.8) is 0 Å². The number of nitrogen functional groups attached to an aromatic ring is 1. The van der Waals surface area contributed by atoms with Crippen molar-refractivity contribution in [3.05, 3.63) is 64.4 Å². The van der Waals surface area contributed by atoms with Crippen molar-refractivity contribution in [3.8, 4) is 5.75 Å². The average Bonchev–Trinajstić information content (AvgIpc) is 3.11. The van der Waals surface area contributed by atoms with Gasteiger partial charge in [-0.1, -0.05) is 48.5 Å². The van der Waals surface area contributed by atoms with Gasteiger partial charge in [0.2, 0.25) is 11.1 Å². The molecule has 0 aliphatic rings. The lowest BCUT2D eigenvalue weighted by molar-refractivity contribution is -0.255. The minimum atomic E-state index is -1.41. The molecule has 1 amide bonds. The van der Waals surface area contributed by atoms with E-state index in [0.29, 0.717) is 34.4 Å². The lowest BCUT2D eigenvalue weighted by Crippen LogP contribution is -2.24. The quantitative estimate of drug-likeness (QED) is 0.365. The summed E-state index contributed by atoms with van der Waals surface area (Å²) in [6.07, 6.45) is 0.502. The van der Waals surface area contributed by atoms with Gasteiger partial charge in [0, 0.05) is 11.3 Å². The third-order valence-corrected chi connectivity index (χ3v) is 5.60. The first-order valence-corrected chi connectivity index (χ1v) is 10.6. The molecule has 3 N–H and O–H groups in total. The van der Waals surface area contributed by atoms with Crippen LogP contribution in [0.5, 0.6) is 5.75 Å². The number of carbonyl (C=O) groups excluding carboxylic acids is 2. The van der Waals surface area contributed by atoms with Gasteiger partial charge in [-0.05, 0) is 36.2 Å². The van der Waals surface area contributed by atoms with E-state index in [9.17, 15) is 14.7 Å². The van der Waals surface area contributed by atoms with Gasteiger partial charge < -0.3 is 25.8 Å². The minimum absolute atomic E-state index is 0.0143. The molecule has 0 saturated heterocycles. The van der Waals surface area contributed by atoms with Crippen LogP contribution in [-0.2, 0) is 17.8 Å². The second kappa shape index (κ2) is 10.2. The number of thioether (sulfide) groups is 1. The van der Waals surface area contributed by atoms with E-state index in [4.69, 9.17) is 22.2 Å². The molecule has 0 spiro atoms. The summed E-state index contributed by atoms with van der Waals surface area (Å²) in [7, 11) is 0. The number of nitrogens with two attached hydrogens (primary N) is 1. The maximum atomic E-state index is 12.3. The number of para-hydroxylation sites is 1. The highest BCUT2D eigenvalue weighted by atomic mass is 35.5. The standard InChI is InChI=1S/C20H20ClN5O4S/c1-2-12-8-13(9-15(18(12)21)19(28)29)23-17(27)11-31-20-25-24-16(26(20)22)10-30-14-6-4-3-5-7-14/h3-9H,2,10-11,22H2,1H3,(H,23,27)(H,28,29)/p-1. The number of carboxylic acids is 1. The molecule has 3 rings (SSSR count). The SMILES string of the molecule is CCc1cc(NC(=O)CSc2nnc(COc3ccccc3)n2N)cc(C(=O)[O-])c1Cl. The molecular weight excluding hydrogens is 442 g/mol. The molecule has 0 saturated carbocycles. The van der Waals surface area contributed by atoms with Crippen LogP contribution in [0.15, 0.2) is 47.6 Å². The number of halogens is 1. The molecule has 2 aromatic carbocycles. The number of aryl methyl sites for hydroxylation is 1. The van der Waals surface area contributed by atoms with Gasteiger partial charge in [-0.2, -0.15) is 0 Å². The van der Waals surface area contributed by atoms with E-state index in [-0.39, 0.29) is 28.9 Å². The lowest BCUT2D eigenvalue weighted by Gasteiger charge is -2.13. The van der Waals surface area contributed by atoms with E-state index >= 15 is 0 Å². The van der Waals surface area contributed by atoms with Gasteiger partial charge in [0.25, 0.3) is 0 Å². The molecule has 0 unspecified atom stereocenters. The largest absolute Gasteiger partial charge is 0.545 e.